The number of carboxylic acids is 1. The van der Waals surface area contributed by atoms with E-state index in [4.69, 9.17) is 16.3 Å². The fourth-order valence-corrected chi connectivity index (χ4v) is 4.45. The van der Waals surface area contributed by atoms with Crippen LogP contribution in [0.3, 0.4) is 0 Å². The van der Waals surface area contributed by atoms with Crippen molar-refractivity contribution in [1.82, 2.24) is 10.2 Å². The van der Waals surface area contributed by atoms with E-state index in [1.54, 1.807) is 24.3 Å². The van der Waals surface area contributed by atoms with E-state index in [1.165, 1.54) is 18.7 Å². The lowest BCUT2D eigenvalue weighted by Crippen LogP contribution is -2.70. The maximum atomic E-state index is 12.5. The van der Waals surface area contributed by atoms with Crippen molar-refractivity contribution in [2.24, 2.45) is 0 Å². The number of ether oxygens (including phenoxy) is 1. The third-order valence-corrected chi connectivity index (χ3v) is 5.89. The van der Waals surface area contributed by atoms with E-state index in [-0.39, 0.29) is 30.4 Å². The topological polar surface area (TPSA) is 113 Å². The SMILES string of the molecule is CC(=O)OCC1=C(C(=O)O)N2C(=O)[C@@H](NC(=O)Cc3ccc(Cl)cc3)[C@H]2SC1. The molecule has 8 nitrogen and oxygen atoms in total. The lowest BCUT2D eigenvalue weighted by molar-refractivity contribution is -0.151. The molecule has 1 aromatic rings. The van der Waals surface area contributed by atoms with Gasteiger partial charge >= 0.3 is 11.9 Å². The number of rotatable bonds is 6. The van der Waals surface area contributed by atoms with Gasteiger partial charge in [-0.15, -0.1) is 11.8 Å². The zero-order valence-electron chi connectivity index (χ0n) is 14.8. The average molecular weight is 425 g/mol. The Kier molecular flexibility index (Phi) is 5.95. The molecule has 0 saturated carbocycles. The zero-order valence-corrected chi connectivity index (χ0v) is 16.4. The van der Waals surface area contributed by atoms with E-state index in [0.29, 0.717) is 10.6 Å². The summed E-state index contributed by atoms with van der Waals surface area (Å²) in [5.41, 5.74) is 0.915. The van der Waals surface area contributed by atoms with Gasteiger partial charge in [0.2, 0.25) is 5.91 Å². The van der Waals surface area contributed by atoms with Gasteiger partial charge in [-0.05, 0) is 17.7 Å². The van der Waals surface area contributed by atoms with Crippen LogP contribution >= 0.6 is 23.4 Å². The monoisotopic (exact) mass is 424 g/mol. The fraction of sp³-hybridized carbons (Fsp3) is 0.333. The number of thioether (sulfide) groups is 1. The number of aliphatic carboxylic acids is 1. The van der Waals surface area contributed by atoms with E-state index in [2.05, 4.69) is 5.32 Å². The third-order valence-electron chi connectivity index (χ3n) is 4.29. The van der Waals surface area contributed by atoms with Crippen LogP contribution in [0.2, 0.25) is 5.02 Å². The first-order valence-electron chi connectivity index (χ1n) is 8.35. The van der Waals surface area contributed by atoms with Crippen LogP contribution in [-0.4, -0.2) is 57.5 Å². The highest BCUT2D eigenvalue weighted by Crippen LogP contribution is 2.40. The Balaban J connectivity index is 1.67. The molecule has 2 atom stereocenters. The van der Waals surface area contributed by atoms with Crippen molar-refractivity contribution >= 4 is 47.1 Å². The molecule has 1 saturated heterocycles. The highest BCUT2D eigenvalue weighted by molar-refractivity contribution is 8.00. The second-order valence-corrected chi connectivity index (χ2v) is 7.84. The summed E-state index contributed by atoms with van der Waals surface area (Å²) in [6.45, 7) is 1.04. The minimum Gasteiger partial charge on any atom is -0.477 e. The summed E-state index contributed by atoms with van der Waals surface area (Å²) < 4.78 is 4.88. The number of carboxylic acid groups (broad SMARTS) is 1. The van der Waals surface area contributed by atoms with E-state index < -0.39 is 29.3 Å². The molecule has 1 fully saturated rings. The van der Waals surface area contributed by atoms with Crippen molar-refractivity contribution in [3.8, 4) is 0 Å². The number of fused-ring (bicyclic) bond motifs is 1. The lowest BCUT2D eigenvalue weighted by Gasteiger charge is -2.49. The Morgan fingerprint density at radius 3 is 2.61 bits per heavy atom. The first kappa shape index (κ1) is 20.2. The fourth-order valence-electron chi connectivity index (χ4n) is 3.00. The number of nitrogens with one attached hydrogen (secondary N) is 1. The Bertz CT molecular complexity index is 869. The molecule has 0 unspecified atom stereocenters. The molecule has 2 aliphatic rings. The number of hydrogen-bond donors (Lipinski definition) is 2. The lowest BCUT2D eigenvalue weighted by atomic mass is 10.0. The van der Waals surface area contributed by atoms with Crippen LogP contribution in [0.15, 0.2) is 35.5 Å². The summed E-state index contributed by atoms with van der Waals surface area (Å²) in [5.74, 6) is -2.36. The Labute approximate surface area is 169 Å². The number of amides is 2. The molecule has 148 valence electrons. The van der Waals surface area contributed by atoms with Crippen LogP contribution < -0.4 is 5.32 Å². The smallest absolute Gasteiger partial charge is 0.352 e. The van der Waals surface area contributed by atoms with Gasteiger partial charge in [0.15, 0.2) is 0 Å². The molecule has 28 heavy (non-hydrogen) atoms. The maximum absolute atomic E-state index is 12.5. The molecule has 0 radical (unpaired) electrons. The van der Waals surface area contributed by atoms with E-state index in [1.807, 2.05) is 0 Å². The maximum Gasteiger partial charge on any atom is 0.352 e. The minimum atomic E-state index is -1.27. The van der Waals surface area contributed by atoms with Crippen molar-refractivity contribution < 1.29 is 29.0 Å². The van der Waals surface area contributed by atoms with Gasteiger partial charge in [0.05, 0.1) is 6.42 Å². The van der Waals surface area contributed by atoms with Gasteiger partial charge in [-0.1, -0.05) is 23.7 Å². The summed E-state index contributed by atoms with van der Waals surface area (Å²) in [6, 6.07) is 5.99. The first-order valence-corrected chi connectivity index (χ1v) is 9.77. The van der Waals surface area contributed by atoms with Gasteiger partial charge < -0.3 is 15.2 Å². The molecular weight excluding hydrogens is 408 g/mol. The molecule has 2 N–H and O–H groups in total. The molecule has 1 aromatic carbocycles. The van der Waals surface area contributed by atoms with Crippen LogP contribution in [-0.2, 0) is 30.3 Å². The van der Waals surface area contributed by atoms with Crippen LogP contribution in [0.1, 0.15) is 12.5 Å². The Morgan fingerprint density at radius 1 is 1.32 bits per heavy atom. The molecule has 10 heteroatoms. The predicted octanol–water partition coefficient (Wildman–Crippen LogP) is 1.18. The highest BCUT2D eigenvalue weighted by Gasteiger charge is 2.54. The number of nitrogens with zero attached hydrogens (tertiary/aromatic N) is 1. The molecule has 0 aromatic heterocycles. The van der Waals surface area contributed by atoms with Crippen molar-refractivity contribution in [2.45, 2.75) is 24.8 Å². The second-order valence-electron chi connectivity index (χ2n) is 6.30. The zero-order chi connectivity index (χ0) is 20.4. The Morgan fingerprint density at radius 2 is 2.00 bits per heavy atom. The highest BCUT2D eigenvalue weighted by atomic mass is 35.5. The van der Waals surface area contributed by atoms with Crippen LogP contribution in [0.25, 0.3) is 0 Å². The van der Waals surface area contributed by atoms with E-state index in [9.17, 15) is 24.3 Å². The average Bonchev–Trinajstić information content (AvgIpc) is 2.65. The third kappa shape index (κ3) is 4.15. The number of halogens is 1. The van der Waals surface area contributed by atoms with E-state index >= 15 is 0 Å². The number of hydrogen-bond acceptors (Lipinski definition) is 6. The van der Waals surface area contributed by atoms with Crippen LogP contribution in [0.4, 0.5) is 0 Å². The van der Waals surface area contributed by atoms with Crippen LogP contribution in [0, 0.1) is 0 Å². The Hall–Kier alpha value is -2.52. The summed E-state index contributed by atoms with van der Waals surface area (Å²) in [4.78, 5) is 48.5. The molecule has 2 aliphatic heterocycles. The van der Waals surface area contributed by atoms with E-state index in [0.717, 1.165) is 10.5 Å². The molecule has 2 amide bonds. The normalized spacial score (nSPS) is 20.9. The van der Waals surface area contributed by atoms with Crippen LogP contribution in [0.5, 0.6) is 0 Å². The van der Waals surface area contributed by atoms with Crippen molar-refractivity contribution in [3.63, 3.8) is 0 Å². The van der Waals surface area contributed by atoms with Gasteiger partial charge in [0.1, 0.15) is 23.7 Å². The summed E-state index contributed by atoms with van der Waals surface area (Å²) in [7, 11) is 0. The quantitative estimate of drug-likeness (QED) is 0.520. The van der Waals surface area contributed by atoms with Gasteiger partial charge in [0.25, 0.3) is 5.91 Å². The second kappa shape index (κ2) is 8.24. The van der Waals surface area contributed by atoms with Gasteiger partial charge in [-0.25, -0.2) is 4.79 Å². The molecular formula is C18H17ClN2O6S. The van der Waals surface area contributed by atoms with Gasteiger partial charge in [0, 0.05) is 23.3 Å². The summed E-state index contributed by atoms with van der Waals surface area (Å²) in [6.07, 6.45) is 0.0810. The summed E-state index contributed by atoms with van der Waals surface area (Å²) >= 11 is 7.13. The molecule has 0 aliphatic carbocycles. The van der Waals surface area contributed by atoms with Crippen molar-refractivity contribution in [2.75, 3.05) is 12.4 Å². The van der Waals surface area contributed by atoms with Gasteiger partial charge in [-0.3, -0.25) is 19.3 Å². The number of benzene rings is 1. The number of esters is 1. The summed E-state index contributed by atoms with van der Waals surface area (Å²) in [5, 5.41) is 12.2. The number of β-lactam (4-membered cyclic amide) rings is 1. The number of carbonyl (C=O) groups excluding carboxylic acids is 3. The molecule has 3 rings (SSSR count). The largest absolute Gasteiger partial charge is 0.477 e. The minimum absolute atomic E-state index is 0.0810. The van der Waals surface area contributed by atoms with Crippen molar-refractivity contribution in [1.29, 1.82) is 0 Å². The number of carbonyl (C=O) groups is 4. The van der Waals surface area contributed by atoms with Gasteiger partial charge in [-0.2, -0.15) is 0 Å². The molecule has 0 spiro atoms. The molecule has 0 bridgehead atoms. The first-order chi connectivity index (χ1) is 13.3. The standard InChI is InChI=1S/C18H17ClN2O6S/c1-9(22)27-7-11-8-28-17-14(16(24)21(17)15(11)18(25)26)20-13(23)6-10-2-4-12(19)5-3-10/h2-5,14,17H,6-8H2,1H3,(H,20,23)(H,25,26)/t14-,17-/m1/s1. The molecule has 2 heterocycles. The predicted molar refractivity (Wildman–Crippen MR) is 101 cm³/mol. The van der Waals surface area contributed by atoms with Crippen molar-refractivity contribution in [3.05, 3.63) is 46.1 Å².